The molecule has 0 bridgehead atoms. The Kier molecular flexibility index (Phi) is 5.51. The molecule has 1 aromatic rings. The molecule has 0 spiro atoms. The number of hydrogen-bond acceptors (Lipinski definition) is 2. The molecule has 0 aliphatic carbocycles. The summed E-state index contributed by atoms with van der Waals surface area (Å²) in [7, 11) is 0. The zero-order valence-corrected chi connectivity index (χ0v) is 10.2. The van der Waals surface area contributed by atoms with Gasteiger partial charge in [-0.15, -0.1) is 0 Å². The average Bonchev–Trinajstić information content (AvgIpc) is 2.29. The van der Waals surface area contributed by atoms with Crippen LogP contribution in [0.2, 0.25) is 0 Å². The number of hydrogen-bond donors (Lipinski definition) is 2. The molecule has 17 heavy (non-hydrogen) atoms. The van der Waals surface area contributed by atoms with Gasteiger partial charge in [-0.3, -0.25) is 0 Å². The summed E-state index contributed by atoms with van der Waals surface area (Å²) >= 11 is 0. The Hall–Kier alpha value is -1.00. The molecule has 1 aromatic carbocycles. The van der Waals surface area contributed by atoms with Crippen molar-refractivity contribution in [1.29, 1.82) is 0 Å². The number of alkyl halides is 2. The topological polar surface area (TPSA) is 32.3 Å². The Morgan fingerprint density at radius 2 is 2.00 bits per heavy atom. The molecule has 2 N–H and O–H groups in total. The molecule has 96 valence electrons. The van der Waals surface area contributed by atoms with Crippen LogP contribution in [0.15, 0.2) is 24.3 Å². The summed E-state index contributed by atoms with van der Waals surface area (Å²) in [5.41, 5.74) is 0.844. The lowest BCUT2D eigenvalue weighted by molar-refractivity contribution is 0.151. The van der Waals surface area contributed by atoms with E-state index in [-0.39, 0.29) is 18.2 Å². The van der Waals surface area contributed by atoms with E-state index >= 15 is 0 Å². The zero-order chi connectivity index (χ0) is 12.8. The maximum Gasteiger partial charge on any atom is 0.263 e. The van der Waals surface area contributed by atoms with Gasteiger partial charge in [-0.1, -0.05) is 32.0 Å². The molecule has 1 unspecified atom stereocenters. The average molecular weight is 243 g/mol. The van der Waals surface area contributed by atoms with E-state index in [1.807, 2.05) is 13.8 Å². The van der Waals surface area contributed by atoms with Gasteiger partial charge in [0.1, 0.15) is 0 Å². The Labute approximate surface area is 101 Å². The second kappa shape index (κ2) is 6.67. The SMILES string of the molecule is CC(C)C(CO)NCc1cccc(C(F)F)c1. The Morgan fingerprint density at radius 3 is 2.53 bits per heavy atom. The first-order chi connectivity index (χ1) is 8.04. The minimum Gasteiger partial charge on any atom is -0.395 e. The van der Waals surface area contributed by atoms with Gasteiger partial charge >= 0.3 is 0 Å². The van der Waals surface area contributed by atoms with Crippen LogP contribution in [-0.4, -0.2) is 17.8 Å². The van der Waals surface area contributed by atoms with Crippen molar-refractivity contribution in [2.24, 2.45) is 5.92 Å². The second-order valence-corrected chi connectivity index (χ2v) is 4.46. The molecule has 0 saturated heterocycles. The summed E-state index contributed by atoms with van der Waals surface area (Å²) in [5.74, 6) is 0.304. The van der Waals surface area contributed by atoms with Crippen molar-refractivity contribution >= 4 is 0 Å². The lowest BCUT2D eigenvalue weighted by Crippen LogP contribution is -2.36. The molecular weight excluding hydrogens is 224 g/mol. The van der Waals surface area contributed by atoms with E-state index in [1.165, 1.54) is 12.1 Å². The number of benzene rings is 1. The molecule has 2 nitrogen and oxygen atoms in total. The monoisotopic (exact) mass is 243 g/mol. The third-order valence-electron chi connectivity index (χ3n) is 2.77. The lowest BCUT2D eigenvalue weighted by atomic mass is 10.0. The molecule has 0 amide bonds. The van der Waals surface area contributed by atoms with Gasteiger partial charge in [0.25, 0.3) is 6.43 Å². The van der Waals surface area contributed by atoms with Gasteiger partial charge in [0.15, 0.2) is 0 Å². The van der Waals surface area contributed by atoms with E-state index < -0.39 is 6.43 Å². The predicted molar refractivity (Wildman–Crippen MR) is 64.0 cm³/mol. The molecule has 1 rings (SSSR count). The maximum atomic E-state index is 12.5. The number of rotatable bonds is 6. The van der Waals surface area contributed by atoms with Crippen LogP contribution in [-0.2, 0) is 6.54 Å². The summed E-state index contributed by atoms with van der Waals surface area (Å²) in [5, 5.41) is 12.3. The summed E-state index contributed by atoms with van der Waals surface area (Å²) in [6.07, 6.45) is -2.44. The van der Waals surface area contributed by atoms with Crippen LogP contribution in [0.3, 0.4) is 0 Å². The van der Waals surface area contributed by atoms with Crippen LogP contribution in [0.4, 0.5) is 8.78 Å². The first-order valence-electron chi connectivity index (χ1n) is 5.75. The van der Waals surface area contributed by atoms with Crippen molar-refractivity contribution < 1.29 is 13.9 Å². The van der Waals surface area contributed by atoms with Gasteiger partial charge in [0.05, 0.1) is 6.61 Å². The zero-order valence-electron chi connectivity index (χ0n) is 10.2. The maximum absolute atomic E-state index is 12.5. The van der Waals surface area contributed by atoms with E-state index in [1.54, 1.807) is 12.1 Å². The Morgan fingerprint density at radius 1 is 1.29 bits per heavy atom. The first kappa shape index (κ1) is 14.1. The summed E-state index contributed by atoms with van der Waals surface area (Å²) in [6.45, 7) is 4.54. The van der Waals surface area contributed by atoms with Crippen molar-refractivity contribution in [1.82, 2.24) is 5.32 Å². The molecule has 0 aliphatic heterocycles. The van der Waals surface area contributed by atoms with Crippen LogP contribution >= 0.6 is 0 Å². The van der Waals surface area contributed by atoms with Crippen LogP contribution in [0.5, 0.6) is 0 Å². The molecule has 0 fully saturated rings. The quantitative estimate of drug-likeness (QED) is 0.805. The number of aliphatic hydroxyl groups is 1. The highest BCUT2D eigenvalue weighted by atomic mass is 19.3. The lowest BCUT2D eigenvalue weighted by Gasteiger charge is -2.20. The molecule has 1 atom stereocenters. The molecular formula is C13H19F2NO. The van der Waals surface area contributed by atoms with Crippen LogP contribution < -0.4 is 5.32 Å². The Bertz CT molecular complexity index is 342. The van der Waals surface area contributed by atoms with Crippen molar-refractivity contribution in [3.05, 3.63) is 35.4 Å². The van der Waals surface area contributed by atoms with Crippen LogP contribution in [0.1, 0.15) is 31.4 Å². The fraction of sp³-hybridized carbons (Fsp3) is 0.538. The van der Waals surface area contributed by atoms with Crippen LogP contribution in [0.25, 0.3) is 0 Å². The molecule has 4 heteroatoms. The van der Waals surface area contributed by atoms with E-state index in [4.69, 9.17) is 5.11 Å². The number of nitrogens with one attached hydrogen (secondary N) is 1. The van der Waals surface area contributed by atoms with E-state index in [0.29, 0.717) is 12.5 Å². The van der Waals surface area contributed by atoms with Crippen molar-refractivity contribution in [3.63, 3.8) is 0 Å². The standard InChI is InChI=1S/C13H19F2NO/c1-9(2)12(8-17)16-7-10-4-3-5-11(6-10)13(14)15/h3-6,9,12-13,16-17H,7-8H2,1-2H3. The molecule has 0 heterocycles. The van der Waals surface area contributed by atoms with Gasteiger partial charge in [0.2, 0.25) is 0 Å². The van der Waals surface area contributed by atoms with Gasteiger partial charge in [-0.25, -0.2) is 8.78 Å². The normalized spacial score (nSPS) is 13.4. The van der Waals surface area contributed by atoms with E-state index in [9.17, 15) is 8.78 Å². The largest absolute Gasteiger partial charge is 0.395 e. The van der Waals surface area contributed by atoms with Crippen molar-refractivity contribution in [2.45, 2.75) is 32.9 Å². The fourth-order valence-electron chi connectivity index (χ4n) is 1.60. The smallest absolute Gasteiger partial charge is 0.263 e. The summed E-state index contributed by atoms with van der Waals surface area (Å²) in [4.78, 5) is 0. The summed E-state index contributed by atoms with van der Waals surface area (Å²) < 4.78 is 25.0. The highest BCUT2D eigenvalue weighted by Crippen LogP contribution is 2.19. The number of halogens is 2. The molecule has 0 saturated carbocycles. The van der Waals surface area contributed by atoms with E-state index in [0.717, 1.165) is 5.56 Å². The highest BCUT2D eigenvalue weighted by Gasteiger charge is 2.12. The first-order valence-corrected chi connectivity index (χ1v) is 5.75. The minimum absolute atomic E-state index is 0.00907. The van der Waals surface area contributed by atoms with E-state index in [2.05, 4.69) is 5.32 Å². The van der Waals surface area contributed by atoms with Gasteiger partial charge in [-0.2, -0.15) is 0 Å². The minimum atomic E-state index is -2.44. The van der Waals surface area contributed by atoms with Crippen molar-refractivity contribution in [3.8, 4) is 0 Å². The second-order valence-electron chi connectivity index (χ2n) is 4.46. The molecule has 0 radical (unpaired) electrons. The summed E-state index contributed by atoms with van der Waals surface area (Å²) in [6, 6.07) is 6.33. The van der Waals surface area contributed by atoms with Gasteiger partial charge < -0.3 is 10.4 Å². The van der Waals surface area contributed by atoms with Crippen molar-refractivity contribution in [2.75, 3.05) is 6.61 Å². The molecule has 0 aromatic heterocycles. The van der Waals surface area contributed by atoms with Gasteiger partial charge in [-0.05, 0) is 17.5 Å². The third-order valence-corrected chi connectivity index (χ3v) is 2.77. The molecule has 0 aliphatic rings. The Balaban J connectivity index is 2.59. The third kappa shape index (κ3) is 4.40. The fourth-order valence-corrected chi connectivity index (χ4v) is 1.60. The van der Waals surface area contributed by atoms with Gasteiger partial charge in [0, 0.05) is 18.2 Å². The predicted octanol–water partition coefficient (Wildman–Crippen LogP) is 2.73. The number of aliphatic hydroxyl groups excluding tert-OH is 1. The van der Waals surface area contributed by atoms with Crippen LogP contribution in [0, 0.1) is 5.92 Å². The highest BCUT2D eigenvalue weighted by molar-refractivity contribution is 5.24.